The number of ether oxygens (including phenoxy) is 2. The molecule has 0 saturated heterocycles. The van der Waals surface area contributed by atoms with E-state index >= 15 is 0 Å². The van der Waals surface area contributed by atoms with E-state index in [1.165, 1.54) is 13.2 Å². The number of hydrogen-bond donors (Lipinski definition) is 2. The second kappa shape index (κ2) is 9.95. The molecule has 2 N–H and O–H groups in total. The van der Waals surface area contributed by atoms with Crippen molar-refractivity contribution in [2.45, 2.75) is 65.1 Å². The molecule has 0 aromatic carbocycles. The van der Waals surface area contributed by atoms with Crippen molar-refractivity contribution in [1.29, 1.82) is 0 Å². The molecular weight excluding hydrogens is 312 g/mol. The van der Waals surface area contributed by atoms with E-state index in [2.05, 4.69) is 21.9 Å². The fourth-order valence-corrected chi connectivity index (χ4v) is 1.95. The van der Waals surface area contributed by atoms with Crippen molar-refractivity contribution in [1.82, 2.24) is 10.6 Å². The molecule has 0 bridgehead atoms. The Balaban J connectivity index is 5.01. The Bertz CT molecular complexity index is 454. The van der Waals surface area contributed by atoms with E-state index in [0.29, 0.717) is 6.42 Å². The van der Waals surface area contributed by atoms with Gasteiger partial charge < -0.3 is 20.1 Å². The van der Waals surface area contributed by atoms with Gasteiger partial charge in [0.15, 0.2) is 0 Å². The van der Waals surface area contributed by atoms with Gasteiger partial charge in [-0.3, -0.25) is 4.79 Å². The van der Waals surface area contributed by atoms with Gasteiger partial charge in [0.2, 0.25) is 5.91 Å². The van der Waals surface area contributed by atoms with Crippen LogP contribution in [0.4, 0.5) is 4.79 Å². The minimum absolute atomic E-state index is 0.159. The van der Waals surface area contributed by atoms with E-state index in [9.17, 15) is 14.4 Å². The molecule has 0 aliphatic heterocycles. The largest absolute Gasteiger partial charge is 0.467 e. The average molecular weight is 342 g/mol. The first-order chi connectivity index (χ1) is 11.0. The molecule has 0 aliphatic carbocycles. The highest BCUT2D eigenvalue weighted by molar-refractivity contribution is 5.89. The third-order valence-corrected chi connectivity index (χ3v) is 2.92. The first-order valence-electron chi connectivity index (χ1n) is 7.98. The van der Waals surface area contributed by atoms with Crippen LogP contribution in [0.1, 0.15) is 47.5 Å². The molecule has 0 aliphatic rings. The monoisotopic (exact) mass is 342 g/mol. The molecule has 0 spiro atoms. The zero-order valence-electron chi connectivity index (χ0n) is 15.5. The first-order valence-corrected chi connectivity index (χ1v) is 7.98. The van der Waals surface area contributed by atoms with Crippen LogP contribution in [0, 0.1) is 5.92 Å². The Morgan fingerprint density at radius 1 is 1.12 bits per heavy atom. The maximum atomic E-state index is 12.5. The highest BCUT2D eigenvalue weighted by Crippen LogP contribution is 2.10. The summed E-state index contributed by atoms with van der Waals surface area (Å²) in [5, 5.41) is 5.15. The molecule has 138 valence electrons. The third kappa shape index (κ3) is 9.17. The van der Waals surface area contributed by atoms with Crippen molar-refractivity contribution >= 4 is 18.0 Å². The number of carbonyl (C=O) groups excluding carboxylic acids is 3. The fourth-order valence-electron chi connectivity index (χ4n) is 1.95. The number of rotatable bonds is 8. The second-order valence-corrected chi connectivity index (χ2v) is 6.94. The van der Waals surface area contributed by atoms with Crippen molar-refractivity contribution in [2.24, 2.45) is 5.92 Å². The summed E-state index contributed by atoms with van der Waals surface area (Å²) in [7, 11) is 1.25. The van der Waals surface area contributed by atoms with Crippen LogP contribution in [0.2, 0.25) is 0 Å². The zero-order valence-corrected chi connectivity index (χ0v) is 15.5. The zero-order chi connectivity index (χ0) is 18.9. The number of nitrogens with one attached hydrogen (secondary N) is 2. The van der Waals surface area contributed by atoms with Crippen molar-refractivity contribution in [3.05, 3.63) is 12.7 Å². The SMILES string of the molecule is C=CCC(NC(=O)[C@H](CC(C)C)NC(=O)OC(C)(C)C)C(=O)OC. The van der Waals surface area contributed by atoms with Crippen LogP contribution in [-0.2, 0) is 19.1 Å². The lowest BCUT2D eigenvalue weighted by molar-refractivity contribution is -0.145. The lowest BCUT2D eigenvalue weighted by Crippen LogP contribution is -2.52. The van der Waals surface area contributed by atoms with Gasteiger partial charge in [0.25, 0.3) is 0 Å². The molecule has 7 nitrogen and oxygen atoms in total. The Kier molecular flexibility index (Phi) is 9.10. The summed E-state index contributed by atoms with van der Waals surface area (Å²) >= 11 is 0. The maximum absolute atomic E-state index is 12.5. The highest BCUT2D eigenvalue weighted by Gasteiger charge is 2.28. The summed E-state index contributed by atoms with van der Waals surface area (Å²) in [4.78, 5) is 36.1. The van der Waals surface area contributed by atoms with Crippen LogP contribution < -0.4 is 10.6 Å². The number of alkyl carbamates (subject to hydrolysis) is 1. The van der Waals surface area contributed by atoms with E-state index in [4.69, 9.17) is 4.74 Å². The smallest absolute Gasteiger partial charge is 0.408 e. The molecule has 7 heteroatoms. The molecule has 0 heterocycles. The molecule has 0 rings (SSSR count). The van der Waals surface area contributed by atoms with Crippen LogP contribution in [0.3, 0.4) is 0 Å². The predicted octanol–water partition coefficient (Wildman–Crippen LogP) is 2.16. The molecule has 2 amide bonds. The molecule has 1 unspecified atom stereocenters. The predicted molar refractivity (Wildman–Crippen MR) is 91.4 cm³/mol. The number of amides is 2. The molecule has 0 saturated carbocycles. The summed E-state index contributed by atoms with van der Waals surface area (Å²) in [6, 6.07) is -1.65. The fraction of sp³-hybridized carbons (Fsp3) is 0.706. The third-order valence-electron chi connectivity index (χ3n) is 2.92. The van der Waals surface area contributed by atoms with Crippen LogP contribution in [-0.4, -0.2) is 42.8 Å². The van der Waals surface area contributed by atoms with Gasteiger partial charge in [0, 0.05) is 0 Å². The van der Waals surface area contributed by atoms with Crippen molar-refractivity contribution < 1.29 is 23.9 Å². The Morgan fingerprint density at radius 2 is 1.71 bits per heavy atom. The van der Waals surface area contributed by atoms with Crippen molar-refractivity contribution in [3.63, 3.8) is 0 Å². The molecule has 0 radical (unpaired) electrons. The van der Waals surface area contributed by atoms with Crippen molar-refractivity contribution in [2.75, 3.05) is 7.11 Å². The van der Waals surface area contributed by atoms with E-state index in [0.717, 1.165) is 0 Å². The molecule has 0 fully saturated rings. The number of esters is 1. The van der Waals surface area contributed by atoms with E-state index in [1.54, 1.807) is 20.8 Å². The summed E-state index contributed by atoms with van der Waals surface area (Å²) in [6.45, 7) is 12.6. The molecule has 0 aromatic rings. The summed E-state index contributed by atoms with van der Waals surface area (Å²) in [5.41, 5.74) is -0.666. The lowest BCUT2D eigenvalue weighted by Gasteiger charge is -2.25. The standard InChI is InChI=1S/C17H30N2O5/c1-8-9-12(15(21)23-7)18-14(20)13(10-11(2)3)19-16(22)24-17(4,5)6/h8,11-13H,1,9-10H2,2-7H3,(H,18,20)(H,19,22)/t12?,13-/m0/s1. The summed E-state index contributed by atoms with van der Waals surface area (Å²) in [6.07, 6.45) is 1.48. The van der Waals surface area contributed by atoms with Crippen LogP contribution in [0.15, 0.2) is 12.7 Å². The first kappa shape index (κ1) is 21.9. The van der Waals surface area contributed by atoms with Gasteiger partial charge in [0.1, 0.15) is 17.7 Å². The van der Waals surface area contributed by atoms with Gasteiger partial charge in [-0.1, -0.05) is 19.9 Å². The molecule has 2 atom stereocenters. The average Bonchev–Trinajstić information content (AvgIpc) is 2.42. The number of hydrogen-bond acceptors (Lipinski definition) is 5. The van der Waals surface area contributed by atoms with Gasteiger partial charge in [-0.15, -0.1) is 6.58 Å². The summed E-state index contributed by atoms with van der Waals surface area (Å²) in [5.74, 6) is -0.873. The second-order valence-electron chi connectivity index (χ2n) is 6.94. The van der Waals surface area contributed by atoms with Crippen LogP contribution in [0.25, 0.3) is 0 Å². The molecular formula is C17H30N2O5. The van der Waals surface area contributed by atoms with Gasteiger partial charge >= 0.3 is 12.1 Å². The van der Waals surface area contributed by atoms with Gasteiger partial charge in [0.05, 0.1) is 7.11 Å². The quantitative estimate of drug-likeness (QED) is 0.521. The van der Waals surface area contributed by atoms with Gasteiger partial charge in [-0.2, -0.15) is 0 Å². The van der Waals surface area contributed by atoms with Crippen LogP contribution in [0.5, 0.6) is 0 Å². The van der Waals surface area contributed by atoms with E-state index < -0.39 is 35.7 Å². The minimum atomic E-state index is -0.838. The van der Waals surface area contributed by atoms with Crippen molar-refractivity contribution in [3.8, 4) is 0 Å². The number of carbonyl (C=O) groups is 3. The van der Waals surface area contributed by atoms with Gasteiger partial charge in [-0.05, 0) is 39.5 Å². The van der Waals surface area contributed by atoms with E-state index in [1.807, 2.05) is 13.8 Å². The normalized spacial score (nSPS) is 13.6. The highest BCUT2D eigenvalue weighted by atomic mass is 16.6. The lowest BCUT2D eigenvalue weighted by atomic mass is 10.0. The molecule has 24 heavy (non-hydrogen) atoms. The summed E-state index contributed by atoms with van der Waals surface area (Å²) < 4.78 is 9.84. The Morgan fingerprint density at radius 3 is 2.12 bits per heavy atom. The number of methoxy groups -OCH3 is 1. The molecule has 0 aromatic heterocycles. The Hall–Kier alpha value is -2.05. The van der Waals surface area contributed by atoms with E-state index in [-0.39, 0.29) is 12.3 Å². The Labute approximate surface area is 144 Å². The van der Waals surface area contributed by atoms with Gasteiger partial charge in [-0.25, -0.2) is 9.59 Å². The topological polar surface area (TPSA) is 93.7 Å². The maximum Gasteiger partial charge on any atom is 0.408 e. The minimum Gasteiger partial charge on any atom is -0.467 e. The van der Waals surface area contributed by atoms with Crippen LogP contribution >= 0.6 is 0 Å².